The number of tetrazole rings is 1. The molecule has 0 aromatic carbocycles. The lowest BCUT2D eigenvalue weighted by atomic mass is 10.2. The first-order valence-electron chi connectivity index (χ1n) is 3.70. The Labute approximate surface area is 73.6 Å². The van der Waals surface area contributed by atoms with E-state index in [0.29, 0.717) is 0 Å². The summed E-state index contributed by atoms with van der Waals surface area (Å²) in [6.45, 7) is 0. The van der Waals surface area contributed by atoms with Gasteiger partial charge in [0.1, 0.15) is 0 Å². The third-order valence-corrected chi connectivity index (χ3v) is 2.50. The minimum Gasteiger partial charge on any atom is -0.177 e. The third-order valence-electron chi connectivity index (χ3n) is 1.56. The molecule has 2 aromatic rings. The van der Waals surface area contributed by atoms with Crippen molar-refractivity contribution in [2.75, 3.05) is 0 Å². The Balaban J connectivity index is 1.91. The van der Waals surface area contributed by atoms with Gasteiger partial charge < -0.3 is 0 Å². The van der Waals surface area contributed by atoms with Crippen molar-refractivity contribution in [2.24, 2.45) is 0 Å². The smallest absolute Gasteiger partial charge is 0.174 e. The quantitative estimate of drug-likeness (QED) is 0.768. The van der Waals surface area contributed by atoms with Crippen LogP contribution in [-0.4, -0.2) is 20.6 Å². The van der Waals surface area contributed by atoms with Crippen molar-refractivity contribution >= 4 is 11.3 Å². The molecule has 0 aliphatic heterocycles. The van der Waals surface area contributed by atoms with Crippen molar-refractivity contribution < 1.29 is 0 Å². The molecule has 5 heteroatoms. The monoisotopic (exact) mass is 180 g/mol. The highest BCUT2D eigenvalue weighted by Gasteiger charge is 1.99. The molecule has 1 N–H and O–H groups in total. The fraction of sp³-hybridized carbons (Fsp3) is 0.286. The van der Waals surface area contributed by atoms with Gasteiger partial charge in [0, 0.05) is 11.3 Å². The zero-order chi connectivity index (χ0) is 8.23. The normalized spacial score (nSPS) is 10.3. The minimum absolute atomic E-state index is 0.781. The number of nitrogens with zero attached hydrogens (tertiary/aromatic N) is 3. The summed E-state index contributed by atoms with van der Waals surface area (Å²) < 4.78 is 0. The summed E-state index contributed by atoms with van der Waals surface area (Å²) in [4.78, 5) is 1.36. The fourth-order valence-corrected chi connectivity index (χ4v) is 1.69. The van der Waals surface area contributed by atoms with E-state index in [0.717, 1.165) is 18.7 Å². The zero-order valence-corrected chi connectivity index (χ0v) is 7.21. The summed E-state index contributed by atoms with van der Waals surface area (Å²) in [5.41, 5.74) is 0. The van der Waals surface area contributed by atoms with Crippen molar-refractivity contribution in [3.05, 3.63) is 28.2 Å². The van der Waals surface area contributed by atoms with Gasteiger partial charge in [0.25, 0.3) is 0 Å². The molecular formula is C7H8N4S. The number of H-pyrrole nitrogens is 1. The lowest BCUT2D eigenvalue weighted by Gasteiger charge is -1.90. The van der Waals surface area contributed by atoms with E-state index in [1.807, 2.05) is 0 Å². The highest BCUT2D eigenvalue weighted by atomic mass is 32.1. The zero-order valence-electron chi connectivity index (χ0n) is 6.40. The molecule has 0 atom stereocenters. The van der Waals surface area contributed by atoms with Crippen molar-refractivity contribution in [1.29, 1.82) is 0 Å². The first-order valence-corrected chi connectivity index (χ1v) is 4.58. The Bertz CT molecular complexity index is 279. The summed E-state index contributed by atoms with van der Waals surface area (Å²) in [7, 11) is 0. The molecule has 0 spiro atoms. The molecule has 0 radical (unpaired) electrons. The molecule has 2 rings (SSSR count). The second-order valence-electron chi connectivity index (χ2n) is 2.41. The van der Waals surface area contributed by atoms with Crippen molar-refractivity contribution in [1.82, 2.24) is 20.6 Å². The second-order valence-corrected chi connectivity index (χ2v) is 3.44. The summed E-state index contributed by atoms with van der Waals surface area (Å²) in [6.07, 6.45) is 1.86. The van der Waals surface area contributed by atoms with Gasteiger partial charge >= 0.3 is 0 Å². The first kappa shape index (κ1) is 7.42. The number of hydrogen-bond acceptors (Lipinski definition) is 4. The molecular weight excluding hydrogens is 172 g/mol. The van der Waals surface area contributed by atoms with Gasteiger partial charge in [0.2, 0.25) is 0 Å². The van der Waals surface area contributed by atoms with E-state index in [4.69, 9.17) is 0 Å². The molecule has 0 fully saturated rings. The van der Waals surface area contributed by atoms with Crippen LogP contribution in [-0.2, 0) is 12.8 Å². The van der Waals surface area contributed by atoms with E-state index >= 15 is 0 Å². The Kier molecular flexibility index (Phi) is 2.13. The van der Waals surface area contributed by atoms with Crippen LogP contribution in [0.4, 0.5) is 0 Å². The Morgan fingerprint density at radius 1 is 1.42 bits per heavy atom. The predicted octanol–water partition coefficient (Wildman–Crippen LogP) is 1.05. The molecule has 0 saturated heterocycles. The van der Waals surface area contributed by atoms with Crippen LogP contribution >= 0.6 is 11.3 Å². The van der Waals surface area contributed by atoms with Crippen LogP contribution in [0.5, 0.6) is 0 Å². The summed E-state index contributed by atoms with van der Waals surface area (Å²) in [5.74, 6) is 0.781. The molecule has 12 heavy (non-hydrogen) atoms. The number of aromatic nitrogens is 4. The first-order chi connectivity index (χ1) is 5.95. The minimum atomic E-state index is 0.781. The largest absolute Gasteiger partial charge is 0.177 e. The van der Waals surface area contributed by atoms with Gasteiger partial charge in [0.05, 0.1) is 0 Å². The van der Waals surface area contributed by atoms with Crippen LogP contribution in [0.3, 0.4) is 0 Å². The van der Waals surface area contributed by atoms with E-state index in [9.17, 15) is 0 Å². The van der Waals surface area contributed by atoms with Gasteiger partial charge in [0.15, 0.2) is 5.82 Å². The van der Waals surface area contributed by atoms with E-state index < -0.39 is 0 Å². The topological polar surface area (TPSA) is 54.5 Å². The van der Waals surface area contributed by atoms with E-state index in [1.165, 1.54) is 4.88 Å². The maximum atomic E-state index is 3.87. The van der Waals surface area contributed by atoms with Gasteiger partial charge in [-0.2, -0.15) is 5.21 Å². The van der Waals surface area contributed by atoms with E-state index in [2.05, 4.69) is 38.1 Å². The number of rotatable bonds is 3. The third kappa shape index (κ3) is 1.68. The average molecular weight is 180 g/mol. The van der Waals surface area contributed by atoms with Crippen LogP contribution < -0.4 is 0 Å². The molecule has 4 nitrogen and oxygen atoms in total. The van der Waals surface area contributed by atoms with Gasteiger partial charge in [-0.1, -0.05) is 11.3 Å². The van der Waals surface area contributed by atoms with Gasteiger partial charge in [-0.3, -0.25) is 0 Å². The van der Waals surface area contributed by atoms with Gasteiger partial charge in [-0.05, 0) is 17.9 Å². The maximum absolute atomic E-state index is 3.87. The fourth-order valence-electron chi connectivity index (χ4n) is 0.978. The highest BCUT2D eigenvalue weighted by molar-refractivity contribution is 7.09. The lowest BCUT2D eigenvalue weighted by molar-refractivity contribution is 0.875. The molecule has 0 amide bonds. The Morgan fingerprint density at radius 2 is 2.42 bits per heavy atom. The summed E-state index contributed by atoms with van der Waals surface area (Å²) >= 11 is 1.76. The maximum Gasteiger partial charge on any atom is 0.174 e. The van der Waals surface area contributed by atoms with Crippen molar-refractivity contribution in [2.45, 2.75) is 12.8 Å². The standard InChI is InChI=1S/C7H8N4S/c1-2-6(12-5-1)3-4-7-8-10-11-9-7/h1-2,5H,3-4H2,(H,8,9,10,11). The van der Waals surface area contributed by atoms with Crippen LogP contribution in [0, 0.1) is 0 Å². The SMILES string of the molecule is c1csc(CCc2nn[nH]n2)c1. The molecule has 0 unspecified atom stereocenters. The Hall–Kier alpha value is -1.23. The van der Waals surface area contributed by atoms with Crippen LogP contribution in [0.1, 0.15) is 10.7 Å². The molecule has 2 heterocycles. The second kappa shape index (κ2) is 3.44. The average Bonchev–Trinajstić information content (AvgIpc) is 2.74. The number of aromatic amines is 1. The van der Waals surface area contributed by atoms with E-state index in [-0.39, 0.29) is 0 Å². The summed E-state index contributed by atoms with van der Waals surface area (Å²) in [6, 6.07) is 4.17. The van der Waals surface area contributed by atoms with Crippen LogP contribution in [0.15, 0.2) is 17.5 Å². The molecule has 62 valence electrons. The molecule has 0 bridgehead atoms. The molecule has 0 aliphatic rings. The van der Waals surface area contributed by atoms with Crippen molar-refractivity contribution in [3.8, 4) is 0 Å². The van der Waals surface area contributed by atoms with Gasteiger partial charge in [-0.15, -0.1) is 21.5 Å². The molecule has 0 aliphatic carbocycles. The van der Waals surface area contributed by atoms with Crippen LogP contribution in [0.2, 0.25) is 0 Å². The number of hydrogen-bond donors (Lipinski definition) is 1. The van der Waals surface area contributed by atoms with Crippen molar-refractivity contribution in [3.63, 3.8) is 0 Å². The van der Waals surface area contributed by atoms with Crippen LogP contribution in [0.25, 0.3) is 0 Å². The molecule has 2 aromatic heterocycles. The van der Waals surface area contributed by atoms with E-state index in [1.54, 1.807) is 11.3 Å². The molecule has 0 saturated carbocycles. The van der Waals surface area contributed by atoms with Gasteiger partial charge in [-0.25, -0.2) is 0 Å². The Morgan fingerprint density at radius 3 is 3.08 bits per heavy atom. The number of nitrogens with one attached hydrogen (secondary N) is 1. The number of thiophene rings is 1. The summed E-state index contributed by atoms with van der Waals surface area (Å²) in [5, 5.41) is 15.7. The lowest BCUT2D eigenvalue weighted by Crippen LogP contribution is -1.91. The number of aryl methyl sites for hydroxylation is 2. The predicted molar refractivity (Wildman–Crippen MR) is 45.9 cm³/mol. The highest BCUT2D eigenvalue weighted by Crippen LogP contribution is 2.10.